The fourth-order valence-corrected chi connectivity index (χ4v) is 3.47. The molecule has 0 N–H and O–H groups in total. The monoisotopic (exact) mass is 388 g/mol. The van der Waals surface area contributed by atoms with E-state index in [4.69, 9.17) is 0 Å². The van der Waals surface area contributed by atoms with Gasteiger partial charge < -0.3 is 4.57 Å². The summed E-state index contributed by atoms with van der Waals surface area (Å²) in [6, 6.07) is 11.7. The molecule has 0 spiro atoms. The van der Waals surface area contributed by atoms with Crippen LogP contribution in [0.1, 0.15) is 30.8 Å². The van der Waals surface area contributed by atoms with Gasteiger partial charge >= 0.3 is 0 Å². The van der Waals surface area contributed by atoms with Gasteiger partial charge in [0, 0.05) is 23.5 Å². The molecule has 1 aromatic carbocycles. The molecule has 0 aliphatic rings. The van der Waals surface area contributed by atoms with Crippen LogP contribution in [-0.4, -0.2) is 30.2 Å². The summed E-state index contributed by atoms with van der Waals surface area (Å²) in [6.07, 6.45) is 4.70. The summed E-state index contributed by atoms with van der Waals surface area (Å²) in [5.74, 6) is 0.556. The van der Waals surface area contributed by atoms with E-state index in [1.165, 1.54) is 22.9 Å². The van der Waals surface area contributed by atoms with Gasteiger partial charge in [0.1, 0.15) is 11.7 Å². The van der Waals surface area contributed by atoms with Crippen molar-refractivity contribution in [2.75, 3.05) is 0 Å². The first kappa shape index (κ1) is 18.9. The molecular formula is C22H24N6O. The molecule has 0 saturated heterocycles. The number of hydrogen-bond acceptors (Lipinski definition) is 4. The number of fused-ring (bicyclic) bond motifs is 1. The highest BCUT2D eigenvalue weighted by molar-refractivity contribution is 5.82. The van der Waals surface area contributed by atoms with Gasteiger partial charge in [-0.1, -0.05) is 32.0 Å². The Morgan fingerprint density at radius 2 is 1.93 bits per heavy atom. The fourth-order valence-electron chi connectivity index (χ4n) is 3.47. The van der Waals surface area contributed by atoms with E-state index in [0.717, 1.165) is 23.5 Å². The normalized spacial score (nSPS) is 11.9. The quantitative estimate of drug-likeness (QED) is 0.491. The van der Waals surface area contributed by atoms with Crippen molar-refractivity contribution in [3.8, 4) is 5.69 Å². The van der Waals surface area contributed by atoms with E-state index in [2.05, 4.69) is 53.5 Å². The number of aryl methyl sites for hydroxylation is 1. The number of para-hydroxylation sites is 1. The predicted octanol–water partition coefficient (Wildman–Crippen LogP) is 3.54. The number of benzene rings is 1. The Bertz CT molecular complexity index is 1240. The van der Waals surface area contributed by atoms with Gasteiger partial charge in [-0.2, -0.15) is 14.9 Å². The molecule has 0 radical (unpaired) electrons. The Hall–Kier alpha value is -3.48. The molecule has 7 nitrogen and oxygen atoms in total. The molecule has 0 aliphatic carbocycles. The smallest absolute Gasteiger partial charge is 0.285 e. The second kappa shape index (κ2) is 7.50. The zero-order valence-corrected chi connectivity index (χ0v) is 17.1. The Labute approximate surface area is 168 Å². The highest BCUT2D eigenvalue weighted by Crippen LogP contribution is 2.16. The Morgan fingerprint density at radius 1 is 1.17 bits per heavy atom. The molecule has 3 heterocycles. The minimum Gasteiger partial charge on any atom is -0.348 e. The van der Waals surface area contributed by atoms with E-state index in [0.29, 0.717) is 17.0 Å². The first-order chi connectivity index (χ1) is 14.0. The van der Waals surface area contributed by atoms with Crippen molar-refractivity contribution in [3.05, 3.63) is 76.2 Å². The maximum Gasteiger partial charge on any atom is 0.285 e. The molecule has 0 aliphatic heterocycles. The van der Waals surface area contributed by atoms with Crippen LogP contribution in [-0.2, 0) is 6.54 Å². The molecule has 0 fully saturated rings. The highest BCUT2D eigenvalue weighted by atomic mass is 16.1. The number of hydrogen-bond donors (Lipinski definition) is 0. The van der Waals surface area contributed by atoms with E-state index in [9.17, 15) is 4.79 Å². The molecule has 0 amide bonds. The van der Waals surface area contributed by atoms with Crippen molar-refractivity contribution in [2.45, 2.75) is 34.2 Å². The van der Waals surface area contributed by atoms with Crippen LogP contribution >= 0.6 is 0 Å². The zero-order valence-electron chi connectivity index (χ0n) is 17.1. The van der Waals surface area contributed by atoms with E-state index < -0.39 is 0 Å². The Kier molecular flexibility index (Phi) is 4.88. The summed E-state index contributed by atoms with van der Waals surface area (Å²) in [4.78, 5) is 17.3. The summed E-state index contributed by atoms with van der Waals surface area (Å²) in [5, 5.41) is 9.13. The second-order valence-corrected chi connectivity index (χ2v) is 7.60. The molecule has 4 aromatic rings. The van der Waals surface area contributed by atoms with Gasteiger partial charge in [-0.25, -0.2) is 9.67 Å². The average molecular weight is 388 g/mol. The van der Waals surface area contributed by atoms with Gasteiger partial charge in [-0.15, -0.1) is 0 Å². The van der Waals surface area contributed by atoms with Crippen LogP contribution < -0.4 is 5.56 Å². The minimum absolute atomic E-state index is 0.246. The summed E-state index contributed by atoms with van der Waals surface area (Å²) < 4.78 is 5.19. The number of rotatable bonds is 5. The average Bonchev–Trinajstić information content (AvgIpc) is 3.25. The van der Waals surface area contributed by atoms with Crippen LogP contribution in [0, 0.1) is 19.8 Å². The molecule has 0 bridgehead atoms. The number of nitrogens with zero attached hydrogens (tertiary/aromatic N) is 6. The minimum atomic E-state index is -0.246. The molecule has 7 heteroatoms. The first-order valence-corrected chi connectivity index (χ1v) is 9.67. The lowest BCUT2D eigenvalue weighted by Crippen LogP contribution is -2.17. The van der Waals surface area contributed by atoms with Crippen LogP contribution in [0.4, 0.5) is 0 Å². The van der Waals surface area contributed by atoms with Gasteiger partial charge in [-0.3, -0.25) is 4.79 Å². The zero-order chi connectivity index (χ0) is 20.5. The van der Waals surface area contributed by atoms with Gasteiger partial charge in [0.25, 0.3) is 5.56 Å². The second-order valence-electron chi connectivity index (χ2n) is 7.60. The van der Waals surface area contributed by atoms with Gasteiger partial charge in [0.15, 0.2) is 5.65 Å². The summed E-state index contributed by atoms with van der Waals surface area (Å²) in [5.41, 5.74) is 4.44. The van der Waals surface area contributed by atoms with Crippen molar-refractivity contribution in [2.24, 2.45) is 11.0 Å². The molecule has 3 aromatic heterocycles. The SMILES string of the molecule is Cc1cc(/C=N\n2cnc3c(cnn3-c3ccccc3)c2=O)c(C)n1CC(C)C. The topological polar surface area (TPSA) is 70.0 Å². The first-order valence-electron chi connectivity index (χ1n) is 9.67. The molecule has 0 atom stereocenters. The van der Waals surface area contributed by atoms with E-state index in [1.54, 1.807) is 10.9 Å². The van der Waals surface area contributed by atoms with Crippen molar-refractivity contribution in [3.63, 3.8) is 0 Å². The molecule has 148 valence electrons. The van der Waals surface area contributed by atoms with Gasteiger partial charge in [0.2, 0.25) is 0 Å². The Balaban J connectivity index is 1.70. The third-order valence-electron chi connectivity index (χ3n) is 4.95. The van der Waals surface area contributed by atoms with Gasteiger partial charge in [-0.05, 0) is 38.0 Å². The summed E-state index contributed by atoms with van der Waals surface area (Å²) in [6.45, 7) is 9.51. The van der Waals surface area contributed by atoms with E-state index >= 15 is 0 Å². The molecule has 0 unspecified atom stereocenters. The fraction of sp³-hybridized carbons (Fsp3) is 0.273. The lowest BCUT2D eigenvalue weighted by atomic mass is 10.2. The molecule has 0 saturated carbocycles. The summed E-state index contributed by atoms with van der Waals surface area (Å²) >= 11 is 0. The molecular weight excluding hydrogens is 364 g/mol. The van der Waals surface area contributed by atoms with Crippen molar-refractivity contribution >= 4 is 17.2 Å². The summed E-state index contributed by atoms with van der Waals surface area (Å²) in [7, 11) is 0. The van der Waals surface area contributed by atoms with Crippen molar-refractivity contribution < 1.29 is 0 Å². The van der Waals surface area contributed by atoms with Crippen LogP contribution in [0.5, 0.6) is 0 Å². The third kappa shape index (κ3) is 3.51. The lowest BCUT2D eigenvalue weighted by Gasteiger charge is -2.11. The van der Waals surface area contributed by atoms with Crippen LogP contribution in [0.25, 0.3) is 16.7 Å². The Morgan fingerprint density at radius 3 is 2.66 bits per heavy atom. The van der Waals surface area contributed by atoms with Crippen molar-refractivity contribution in [1.29, 1.82) is 0 Å². The molecule has 4 rings (SSSR count). The standard InChI is InChI=1S/C22H24N6O/c1-15(2)13-26-16(3)10-18(17(26)4)11-24-27-14-23-21-20(22(27)29)12-25-28(21)19-8-6-5-7-9-19/h5-12,14-15H,13H2,1-4H3/b24-11-. The highest BCUT2D eigenvalue weighted by Gasteiger charge is 2.12. The van der Waals surface area contributed by atoms with Crippen LogP contribution in [0.2, 0.25) is 0 Å². The third-order valence-corrected chi connectivity index (χ3v) is 4.95. The van der Waals surface area contributed by atoms with E-state index in [1.807, 2.05) is 30.3 Å². The van der Waals surface area contributed by atoms with Crippen LogP contribution in [0.15, 0.2) is 58.8 Å². The maximum absolute atomic E-state index is 12.8. The maximum atomic E-state index is 12.8. The predicted molar refractivity (Wildman–Crippen MR) is 115 cm³/mol. The van der Waals surface area contributed by atoms with Crippen LogP contribution in [0.3, 0.4) is 0 Å². The largest absolute Gasteiger partial charge is 0.348 e. The lowest BCUT2D eigenvalue weighted by molar-refractivity contribution is 0.509. The number of aromatic nitrogens is 5. The molecule has 29 heavy (non-hydrogen) atoms. The van der Waals surface area contributed by atoms with E-state index in [-0.39, 0.29) is 5.56 Å². The van der Waals surface area contributed by atoms with Crippen molar-refractivity contribution in [1.82, 2.24) is 24.0 Å². The van der Waals surface area contributed by atoms with Gasteiger partial charge in [0.05, 0.1) is 18.1 Å².